The highest BCUT2D eigenvalue weighted by Gasteiger charge is 2.43. The minimum atomic E-state index is -3.24. The maximum Gasteiger partial charge on any atom is 0.410 e. The number of sulfone groups is 1. The molecule has 8 heteroatoms. The van der Waals surface area contributed by atoms with Crippen molar-refractivity contribution in [3.63, 3.8) is 0 Å². The number of likely N-dealkylation sites (tertiary alicyclic amines) is 1. The molecule has 1 atom stereocenters. The fourth-order valence-electron chi connectivity index (χ4n) is 4.74. The van der Waals surface area contributed by atoms with E-state index in [0.29, 0.717) is 23.9 Å². The summed E-state index contributed by atoms with van der Waals surface area (Å²) in [5, 5.41) is 0. The summed E-state index contributed by atoms with van der Waals surface area (Å²) in [6.07, 6.45) is 7.43. The molecule has 7 nitrogen and oxygen atoms in total. The van der Waals surface area contributed by atoms with E-state index >= 15 is 0 Å². The molecule has 1 saturated carbocycles. The van der Waals surface area contributed by atoms with E-state index in [1.54, 1.807) is 18.3 Å². The summed E-state index contributed by atoms with van der Waals surface area (Å²) >= 11 is 0. The number of carbonyl (C=O) groups excluding carboxylic acids is 1. The number of amides is 1. The van der Waals surface area contributed by atoms with Gasteiger partial charge in [0.1, 0.15) is 17.5 Å². The number of fused-ring (bicyclic) bond motifs is 1. The molecule has 1 aromatic carbocycles. The van der Waals surface area contributed by atoms with Crippen LogP contribution >= 0.6 is 0 Å². The second kappa shape index (κ2) is 8.01. The zero-order valence-corrected chi connectivity index (χ0v) is 20.2. The highest BCUT2D eigenvalue weighted by molar-refractivity contribution is 7.90. The lowest BCUT2D eigenvalue weighted by molar-refractivity contribution is 0.0379. The molecular weight excluding hydrogens is 440 g/mol. The molecule has 0 spiro atoms. The molecular formula is C25H30N2O5S. The maximum absolute atomic E-state index is 12.4. The Balaban J connectivity index is 1.23. The number of aryl methyl sites for hydroxylation is 1. The van der Waals surface area contributed by atoms with Gasteiger partial charge in [-0.25, -0.2) is 13.2 Å². The normalized spacial score (nSPS) is 21.9. The van der Waals surface area contributed by atoms with Crippen molar-refractivity contribution in [2.75, 3.05) is 19.3 Å². The first-order valence-electron chi connectivity index (χ1n) is 11.6. The predicted octanol–water partition coefficient (Wildman–Crippen LogP) is 4.17. The van der Waals surface area contributed by atoms with Crippen LogP contribution in [0.15, 0.2) is 35.4 Å². The Morgan fingerprint density at radius 3 is 2.58 bits per heavy atom. The van der Waals surface area contributed by atoms with Gasteiger partial charge < -0.3 is 14.4 Å². The lowest BCUT2D eigenvalue weighted by Crippen LogP contribution is -2.43. The van der Waals surface area contributed by atoms with Crippen molar-refractivity contribution in [2.24, 2.45) is 5.92 Å². The van der Waals surface area contributed by atoms with E-state index in [2.05, 4.69) is 11.1 Å². The lowest BCUT2D eigenvalue weighted by Gasteiger charge is -2.34. The molecule has 5 rings (SSSR count). The standard InChI is InChI=1S/C25H30N2O5S/c1-16-12-19(33(3,29)30)4-5-20(16)21-13-18-14-22(31-23(18)15-26-21)17-6-10-27(11-7-17)24(28)32-25(2)8-9-25/h4-5,12-13,15,17,22H,6-11,14H2,1-3H3. The molecule has 0 N–H and O–H groups in total. The van der Waals surface area contributed by atoms with Crippen molar-refractivity contribution in [2.45, 2.75) is 62.6 Å². The van der Waals surface area contributed by atoms with Gasteiger partial charge in [-0.05, 0) is 69.2 Å². The smallest absolute Gasteiger partial charge is 0.410 e. The van der Waals surface area contributed by atoms with E-state index in [9.17, 15) is 13.2 Å². The topological polar surface area (TPSA) is 85.8 Å². The summed E-state index contributed by atoms with van der Waals surface area (Å²) in [6.45, 7) is 5.29. The summed E-state index contributed by atoms with van der Waals surface area (Å²) in [5.41, 5.74) is 3.50. The van der Waals surface area contributed by atoms with Crippen molar-refractivity contribution in [3.05, 3.63) is 41.6 Å². The first-order chi connectivity index (χ1) is 15.6. The zero-order valence-electron chi connectivity index (χ0n) is 19.3. The fraction of sp³-hybridized carbons (Fsp3) is 0.520. The molecule has 33 heavy (non-hydrogen) atoms. The predicted molar refractivity (Wildman–Crippen MR) is 124 cm³/mol. The SMILES string of the molecule is Cc1cc(S(C)(=O)=O)ccc1-c1cc2c(cn1)OC(C1CCN(C(=O)OC3(C)CC3)CC1)C2. The molecule has 3 aliphatic rings. The second-order valence-electron chi connectivity index (χ2n) is 9.93. The van der Waals surface area contributed by atoms with Crippen LogP contribution in [-0.2, 0) is 21.0 Å². The molecule has 1 amide bonds. The van der Waals surface area contributed by atoms with Crippen LogP contribution in [0.3, 0.4) is 0 Å². The van der Waals surface area contributed by atoms with Gasteiger partial charge in [-0.2, -0.15) is 0 Å². The van der Waals surface area contributed by atoms with Crippen LogP contribution in [0.1, 0.15) is 43.7 Å². The number of hydrogen-bond acceptors (Lipinski definition) is 6. The van der Waals surface area contributed by atoms with Gasteiger partial charge >= 0.3 is 6.09 Å². The van der Waals surface area contributed by atoms with Gasteiger partial charge in [0.05, 0.1) is 16.8 Å². The summed E-state index contributed by atoms with van der Waals surface area (Å²) < 4.78 is 35.5. The summed E-state index contributed by atoms with van der Waals surface area (Å²) in [5.74, 6) is 1.20. The number of aromatic nitrogens is 1. The van der Waals surface area contributed by atoms with E-state index < -0.39 is 9.84 Å². The van der Waals surface area contributed by atoms with Gasteiger partial charge in [0.15, 0.2) is 9.84 Å². The molecule has 0 radical (unpaired) electrons. The average molecular weight is 471 g/mol. The third-order valence-corrected chi connectivity index (χ3v) is 8.27. The highest BCUT2D eigenvalue weighted by Crippen LogP contribution is 2.40. The Hall–Kier alpha value is -2.61. The third kappa shape index (κ3) is 4.58. The van der Waals surface area contributed by atoms with Gasteiger partial charge in [-0.1, -0.05) is 6.07 Å². The van der Waals surface area contributed by atoms with Crippen LogP contribution in [0, 0.1) is 12.8 Å². The Labute approximate surface area is 195 Å². The summed E-state index contributed by atoms with van der Waals surface area (Å²) in [7, 11) is -3.24. The first kappa shape index (κ1) is 22.2. The Bertz CT molecular complexity index is 1200. The van der Waals surface area contributed by atoms with Crippen molar-refractivity contribution in [3.8, 4) is 17.0 Å². The minimum Gasteiger partial charge on any atom is -0.488 e. The molecule has 176 valence electrons. The quantitative estimate of drug-likeness (QED) is 0.667. The summed E-state index contributed by atoms with van der Waals surface area (Å²) in [4.78, 5) is 19.1. The summed E-state index contributed by atoms with van der Waals surface area (Å²) in [6, 6.07) is 7.21. The second-order valence-corrected chi connectivity index (χ2v) is 11.9. The van der Waals surface area contributed by atoms with E-state index in [0.717, 1.165) is 60.2 Å². The lowest BCUT2D eigenvalue weighted by atomic mass is 9.89. The van der Waals surface area contributed by atoms with Gasteiger partial charge in [0, 0.05) is 36.9 Å². The molecule has 2 aliphatic heterocycles. The Morgan fingerprint density at radius 2 is 1.94 bits per heavy atom. The number of benzene rings is 1. The Morgan fingerprint density at radius 1 is 1.21 bits per heavy atom. The van der Waals surface area contributed by atoms with Gasteiger partial charge in [-0.3, -0.25) is 4.98 Å². The molecule has 1 saturated heterocycles. The first-order valence-corrected chi connectivity index (χ1v) is 13.4. The van der Waals surface area contributed by atoms with Crippen LogP contribution in [-0.4, -0.2) is 55.4 Å². The fourth-order valence-corrected chi connectivity index (χ4v) is 5.45. The zero-order chi connectivity index (χ0) is 23.4. The minimum absolute atomic E-state index is 0.0878. The molecule has 3 heterocycles. The number of rotatable bonds is 4. The number of nitrogens with zero attached hydrogens (tertiary/aromatic N) is 2. The molecule has 1 aliphatic carbocycles. The van der Waals surface area contributed by atoms with Crippen LogP contribution < -0.4 is 4.74 Å². The largest absolute Gasteiger partial charge is 0.488 e. The molecule has 0 bridgehead atoms. The third-order valence-electron chi connectivity index (χ3n) is 7.16. The van der Waals surface area contributed by atoms with E-state index in [4.69, 9.17) is 9.47 Å². The number of pyridine rings is 1. The van der Waals surface area contributed by atoms with Crippen LogP contribution in [0.5, 0.6) is 5.75 Å². The van der Waals surface area contributed by atoms with E-state index in [-0.39, 0.29) is 17.8 Å². The van der Waals surface area contributed by atoms with Crippen molar-refractivity contribution in [1.29, 1.82) is 0 Å². The molecule has 1 unspecified atom stereocenters. The maximum atomic E-state index is 12.4. The van der Waals surface area contributed by atoms with E-state index in [1.165, 1.54) is 6.26 Å². The van der Waals surface area contributed by atoms with Crippen molar-refractivity contribution in [1.82, 2.24) is 9.88 Å². The van der Waals surface area contributed by atoms with Gasteiger partial charge in [0.25, 0.3) is 0 Å². The van der Waals surface area contributed by atoms with Crippen LogP contribution in [0.25, 0.3) is 11.3 Å². The van der Waals surface area contributed by atoms with Crippen molar-refractivity contribution >= 4 is 15.9 Å². The monoisotopic (exact) mass is 470 g/mol. The molecule has 2 fully saturated rings. The average Bonchev–Trinajstić information content (AvgIpc) is 3.34. The van der Waals surface area contributed by atoms with Crippen LogP contribution in [0.4, 0.5) is 4.79 Å². The van der Waals surface area contributed by atoms with Gasteiger partial charge in [-0.15, -0.1) is 0 Å². The number of carbonyl (C=O) groups is 1. The number of ether oxygens (including phenoxy) is 2. The molecule has 2 aromatic rings. The van der Waals surface area contributed by atoms with Gasteiger partial charge in [0.2, 0.25) is 0 Å². The molecule has 1 aromatic heterocycles. The van der Waals surface area contributed by atoms with E-state index in [1.807, 2.05) is 24.8 Å². The van der Waals surface area contributed by atoms with Crippen LogP contribution in [0.2, 0.25) is 0 Å². The highest BCUT2D eigenvalue weighted by atomic mass is 32.2. The Kier molecular flexibility index (Phi) is 5.39. The number of piperidine rings is 1. The number of hydrogen-bond donors (Lipinski definition) is 0. The van der Waals surface area contributed by atoms with Crippen molar-refractivity contribution < 1.29 is 22.7 Å².